The molecule has 1 heterocycles. The third-order valence-corrected chi connectivity index (χ3v) is 2.42. The summed E-state index contributed by atoms with van der Waals surface area (Å²) in [6.45, 7) is 3.76. The highest BCUT2D eigenvalue weighted by Gasteiger charge is 2.25. The number of hydrogen-bond donors (Lipinski definition) is 1. The van der Waals surface area contributed by atoms with E-state index in [-0.39, 0.29) is 5.91 Å². The summed E-state index contributed by atoms with van der Waals surface area (Å²) in [5.74, 6) is -0.149. The van der Waals surface area contributed by atoms with Gasteiger partial charge >= 0.3 is 0 Å². The molecule has 0 saturated carbocycles. The van der Waals surface area contributed by atoms with Crippen LogP contribution in [0.1, 0.15) is 12.8 Å². The number of aldehydes is 1. The molecule has 1 amide bonds. The Kier molecular flexibility index (Phi) is 3.19. The van der Waals surface area contributed by atoms with Gasteiger partial charge in [0.2, 0.25) is 5.91 Å². The number of rotatable bonds is 1. The Balaban J connectivity index is 2.98. The van der Waals surface area contributed by atoms with Crippen LogP contribution in [0.5, 0.6) is 0 Å². The number of carbonyl (C=O) groups is 2. The first-order chi connectivity index (χ1) is 6.57. The Hall–Kier alpha value is -1.42. The fourth-order valence-corrected chi connectivity index (χ4v) is 1.44. The van der Waals surface area contributed by atoms with Gasteiger partial charge in [-0.1, -0.05) is 6.58 Å². The van der Waals surface area contributed by atoms with E-state index < -0.39 is 6.04 Å². The maximum Gasteiger partial charge on any atom is 0.243 e. The number of likely N-dealkylation sites (N-methyl/N-ethyl adjacent to an activating group) is 1. The number of hydrogen-bond acceptors (Lipinski definition) is 3. The van der Waals surface area contributed by atoms with Gasteiger partial charge in [0.05, 0.1) is 6.04 Å². The Bertz CT molecular complexity index is 307. The average molecular weight is 194 g/mol. The van der Waals surface area contributed by atoms with Gasteiger partial charge in [-0.15, -0.1) is 0 Å². The van der Waals surface area contributed by atoms with Crippen LogP contribution in [0.3, 0.4) is 0 Å². The lowest BCUT2D eigenvalue weighted by Gasteiger charge is -2.19. The van der Waals surface area contributed by atoms with Crippen molar-refractivity contribution >= 4 is 12.2 Å². The van der Waals surface area contributed by atoms with Gasteiger partial charge < -0.3 is 10.6 Å². The zero-order chi connectivity index (χ0) is 10.7. The minimum Gasteiger partial charge on any atom is -0.320 e. The first kappa shape index (κ1) is 10.7. The largest absolute Gasteiger partial charge is 0.320 e. The lowest BCUT2D eigenvalue weighted by atomic mass is 10.1. The minimum atomic E-state index is -0.491. The Morgan fingerprint density at radius 3 is 2.86 bits per heavy atom. The topological polar surface area (TPSA) is 63.4 Å². The summed E-state index contributed by atoms with van der Waals surface area (Å²) in [5, 5.41) is 0. The normalized spacial score (nSPS) is 26.6. The second-order valence-corrected chi connectivity index (χ2v) is 3.32. The van der Waals surface area contributed by atoms with Crippen LogP contribution in [-0.2, 0) is 9.59 Å². The van der Waals surface area contributed by atoms with Crippen LogP contribution in [0.25, 0.3) is 0 Å². The van der Waals surface area contributed by atoms with Crippen molar-refractivity contribution in [3.8, 4) is 0 Å². The third kappa shape index (κ3) is 1.90. The number of nitrogens with two attached hydrogens (primary N) is 1. The fourth-order valence-electron chi connectivity index (χ4n) is 1.44. The molecule has 0 aromatic heterocycles. The van der Waals surface area contributed by atoms with Crippen LogP contribution in [0.4, 0.5) is 0 Å². The molecule has 0 unspecified atom stereocenters. The van der Waals surface area contributed by atoms with Crippen molar-refractivity contribution in [2.45, 2.75) is 18.9 Å². The lowest BCUT2D eigenvalue weighted by Crippen LogP contribution is -2.39. The van der Waals surface area contributed by atoms with Crippen LogP contribution >= 0.6 is 0 Å². The molecule has 1 fully saturated rings. The maximum atomic E-state index is 11.5. The van der Waals surface area contributed by atoms with Crippen molar-refractivity contribution in [1.82, 2.24) is 4.90 Å². The average Bonchev–Trinajstić information content (AvgIpc) is 2.26. The number of likely N-dealkylation sites (tertiary alicyclic amines) is 1. The number of allylic oxidation sites excluding steroid dienone is 2. The Labute approximate surface area is 83.1 Å². The molecule has 1 aliphatic heterocycles. The van der Waals surface area contributed by atoms with E-state index in [1.165, 1.54) is 11.0 Å². The van der Waals surface area contributed by atoms with Crippen LogP contribution in [0, 0.1) is 0 Å². The predicted octanol–water partition coefficient (Wildman–Crippen LogP) is 0.205. The van der Waals surface area contributed by atoms with Crippen LogP contribution < -0.4 is 5.73 Å². The smallest absolute Gasteiger partial charge is 0.243 e. The highest BCUT2D eigenvalue weighted by molar-refractivity contribution is 5.85. The molecule has 76 valence electrons. The van der Waals surface area contributed by atoms with Crippen molar-refractivity contribution in [3.05, 3.63) is 23.9 Å². The Morgan fingerprint density at radius 2 is 2.29 bits per heavy atom. The van der Waals surface area contributed by atoms with Gasteiger partial charge in [-0.3, -0.25) is 9.59 Å². The van der Waals surface area contributed by atoms with E-state index in [4.69, 9.17) is 5.73 Å². The molecule has 2 N–H and O–H groups in total. The van der Waals surface area contributed by atoms with Crippen LogP contribution in [-0.4, -0.2) is 30.2 Å². The summed E-state index contributed by atoms with van der Waals surface area (Å²) in [6.07, 6.45) is 3.32. The van der Waals surface area contributed by atoms with Crippen LogP contribution in [0.15, 0.2) is 23.9 Å². The van der Waals surface area contributed by atoms with Gasteiger partial charge in [0.1, 0.15) is 6.29 Å². The third-order valence-electron chi connectivity index (χ3n) is 2.42. The quantitative estimate of drug-likeness (QED) is 0.479. The van der Waals surface area contributed by atoms with Crippen molar-refractivity contribution in [1.29, 1.82) is 0 Å². The molecular formula is C10H14N2O2. The summed E-state index contributed by atoms with van der Waals surface area (Å²) in [5.41, 5.74) is 6.99. The minimum absolute atomic E-state index is 0.149. The molecule has 0 aromatic carbocycles. The molecule has 1 rings (SSSR count). The molecule has 1 aliphatic rings. The van der Waals surface area contributed by atoms with E-state index in [1.54, 1.807) is 7.05 Å². The molecule has 1 atom stereocenters. The molecule has 14 heavy (non-hydrogen) atoms. The van der Waals surface area contributed by atoms with E-state index in [2.05, 4.69) is 6.58 Å². The SMILES string of the molecule is C=C1/C(=C\C=O)CC[C@H](N)C(=O)N1C. The van der Waals surface area contributed by atoms with Gasteiger partial charge in [-0.05, 0) is 24.5 Å². The molecule has 0 radical (unpaired) electrons. The molecule has 0 aliphatic carbocycles. The molecule has 4 heteroatoms. The van der Waals surface area contributed by atoms with E-state index >= 15 is 0 Å². The van der Waals surface area contributed by atoms with E-state index in [9.17, 15) is 9.59 Å². The monoisotopic (exact) mass is 194 g/mol. The van der Waals surface area contributed by atoms with Gasteiger partial charge in [-0.2, -0.15) is 0 Å². The van der Waals surface area contributed by atoms with E-state index in [0.29, 0.717) is 24.8 Å². The highest BCUT2D eigenvalue weighted by Crippen LogP contribution is 2.22. The van der Waals surface area contributed by atoms with Crippen molar-refractivity contribution in [2.75, 3.05) is 7.05 Å². The fraction of sp³-hybridized carbons (Fsp3) is 0.400. The van der Waals surface area contributed by atoms with Crippen molar-refractivity contribution in [2.24, 2.45) is 5.73 Å². The first-order valence-corrected chi connectivity index (χ1v) is 4.44. The standard InChI is InChI=1S/C10H14N2O2/c1-7-8(5-6-13)3-4-9(11)10(14)12(7)2/h5-6,9H,1,3-4,11H2,2H3/b8-5-/t9-/m0/s1. The molecular weight excluding hydrogens is 180 g/mol. The number of amides is 1. The summed E-state index contributed by atoms with van der Waals surface area (Å²) < 4.78 is 0. The lowest BCUT2D eigenvalue weighted by molar-refractivity contribution is -0.129. The van der Waals surface area contributed by atoms with Gasteiger partial charge in [-0.25, -0.2) is 0 Å². The highest BCUT2D eigenvalue weighted by atomic mass is 16.2. The molecule has 0 aromatic rings. The van der Waals surface area contributed by atoms with Gasteiger partial charge in [0.15, 0.2) is 0 Å². The van der Waals surface area contributed by atoms with Gasteiger partial charge in [0, 0.05) is 12.7 Å². The zero-order valence-corrected chi connectivity index (χ0v) is 8.19. The zero-order valence-electron chi connectivity index (χ0n) is 8.19. The maximum absolute atomic E-state index is 11.5. The molecule has 1 saturated heterocycles. The number of carbonyl (C=O) groups excluding carboxylic acids is 2. The molecule has 0 bridgehead atoms. The summed E-state index contributed by atoms with van der Waals surface area (Å²) in [7, 11) is 1.62. The molecule has 0 spiro atoms. The van der Waals surface area contributed by atoms with Crippen molar-refractivity contribution < 1.29 is 9.59 Å². The first-order valence-electron chi connectivity index (χ1n) is 4.44. The second-order valence-electron chi connectivity index (χ2n) is 3.32. The summed E-state index contributed by atoms with van der Waals surface area (Å²) in [4.78, 5) is 23.3. The predicted molar refractivity (Wildman–Crippen MR) is 53.3 cm³/mol. The van der Waals surface area contributed by atoms with E-state index in [0.717, 1.165) is 5.57 Å². The number of nitrogens with zero attached hydrogens (tertiary/aromatic N) is 1. The van der Waals surface area contributed by atoms with Crippen molar-refractivity contribution in [3.63, 3.8) is 0 Å². The molecule has 4 nitrogen and oxygen atoms in total. The van der Waals surface area contributed by atoms with Gasteiger partial charge in [0.25, 0.3) is 0 Å². The Morgan fingerprint density at radius 1 is 1.64 bits per heavy atom. The van der Waals surface area contributed by atoms with E-state index in [1.807, 2.05) is 0 Å². The van der Waals surface area contributed by atoms with Crippen LogP contribution in [0.2, 0.25) is 0 Å². The second kappa shape index (κ2) is 4.19. The summed E-state index contributed by atoms with van der Waals surface area (Å²) >= 11 is 0. The summed E-state index contributed by atoms with van der Waals surface area (Å²) in [6, 6.07) is -0.491.